The van der Waals surface area contributed by atoms with Crippen LogP contribution in [-0.2, 0) is 9.59 Å². The van der Waals surface area contributed by atoms with Crippen LogP contribution in [0.3, 0.4) is 0 Å². The monoisotopic (exact) mass is 293 g/mol. The summed E-state index contributed by atoms with van der Waals surface area (Å²) in [4.78, 5) is 28.7. The molecular formula is C16H27N3O2. The number of hydrogen-bond donors (Lipinski definition) is 1. The molecule has 2 amide bonds. The highest BCUT2D eigenvalue weighted by Gasteiger charge is 2.33. The van der Waals surface area contributed by atoms with Crippen molar-refractivity contribution >= 4 is 11.8 Å². The van der Waals surface area contributed by atoms with Crippen LogP contribution in [0.1, 0.15) is 45.4 Å². The molecule has 5 nitrogen and oxygen atoms in total. The van der Waals surface area contributed by atoms with E-state index < -0.39 is 0 Å². The summed E-state index contributed by atoms with van der Waals surface area (Å²) in [6, 6.07) is 0.347. The zero-order valence-corrected chi connectivity index (χ0v) is 13.0. The van der Waals surface area contributed by atoms with E-state index in [2.05, 4.69) is 10.2 Å². The van der Waals surface area contributed by atoms with E-state index in [0.717, 1.165) is 51.9 Å². The fourth-order valence-corrected chi connectivity index (χ4v) is 3.48. The summed E-state index contributed by atoms with van der Waals surface area (Å²) in [6.07, 6.45) is 6.80. The molecule has 5 heteroatoms. The highest BCUT2D eigenvalue weighted by atomic mass is 16.2. The summed E-state index contributed by atoms with van der Waals surface area (Å²) in [6.45, 7) is 5.16. The molecule has 0 aromatic carbocycles. The molecule has 1 heterocycles. The van der Waals surface area contributed by atoms with Crippen molar-refractivity contribution in [2.24, 2.45) is 5.92 Å². The minimum Gasteiger partial charge on any atom is -0.352 e. The number of nitrogens with one attached hydrogen (secondary N) is 1. The van der Waals surface area contributed by atoms with Gasteiger partial charge >= 0.3 is 0 Å². The summed E-state index contributed by atoms with van der Waals surface area (Å²) in [5.41, 5.74) is 0. The van der Waals surface area contributed by atoms with Crippen LogP contribution in [-0.4, -0.2) is 59.9 Å². The fraction of sp³-hybridized carbons (Fsp3) is 0.875. The maximum absolute atomic E-state index is 12.4. The lowest BCUT2D eigenvalue weighted by Crippen LogP contribution is -2.55. The maximum atomic E-state index is 12.4. The van der Waals surface area contributed by atoms with Crippen LogP contribution in [0.25, 0.3) is 0 Å². The van der Waals surface area contributed by atoms with Crippen LogP contribution >= 0.6 is 0 Å². The van der Waals surface area contributed by atoms with Gasteiger partial charge in [-0.1, -0.05) is 12.8 Å². The van der Waals surface area contributed by atoms with Crippen LogP contribution in [0, 0.1) is 5.92 Å². The Labute approximate surface area is 127 Å². The normalized spacial score (nSPS) is 25.9. The third-order valence-electron chi connectivity index (χ3n) is 5.18. The molecule has 3 fully saturated rings. The van der Waals surface area contributed by atoms with E-state index in [1.54, 1.807) is 0 Å². The van der Waals surface area contributed by atoms with E-state index in [0.29, 0.717) is 11.9 Å². The number of carbonyl (C=O) groups is 2. The second-order valence-corrected chi connectivity index (χ2v) is 6.80. The lowest BCUT2D eigenvalue weighted by molar-refractivity contribution is -0.138. The average molecular weight is 293 g/mol. The van der Waals surface area contributed by atoms with Crippen molar-refractivity contribution in [3.8, 4) is 0 Å². The van der Waals surface area contributed by atoms with Crippen molar-refractivity contribution in [2.45, 2.75) is 57.5 Å². The molecule has 1 N–H and O–H groups in total. The van der Waals surface area contributed by atoms with Gasteiger partial charge in [0.25, 0.3) is 0 Å². The molecular weight excluding hydrogens is 266 g/mol. The molecule has 0 aromatic rings. The minimum absolute atomic E-state index is 0.0747. The summed E-state index contributed by atoms with van der Waals surface area (Å²) in [5, 5.41) is 3.07. The quantitative estimate of drug-likeness (QED) is 0.841. The summed E-state index contributed by atoms with van der Waals surface area (Å²) < 4.78 is 0. The van der Waals surface area contributed by atoms with Gasteiger partial charge in [-0.3, -0.25) is 14.5 Å². The van der Waals surface area contributed by atoms with Gasteiger partial charge in [0.2, 0.25) is 11.8 Å². The topological polar surface area (TPSA) is 52.7 Å². The van der Waals surface area contributed by atoms with Gasteiger partial charge in [0.15, 0.2) is 0 Å². The van der Waals surface area contributed by atoms with Gasteiger partial charge in [0.05, 0.1) is 6.04 Å². The number of nitrogens with zero attached hydrogens (tertiary/aromatic N) is 2. The van der Waals surface area contributed by atoms with Gasteiger partial charge in [-0.15, -0.1) is 0 Å². The molecule has 1 aliphatic heterocycles. The van der Waals surface area contributed by atoms with E-state index in [1.807, 2.05) is 11.8 Å². The van der Waals surface area contributed by atoms with Gasteiger partial charge < -0.3 is 10.2 Å². The van der Waals surface area contributed by atoms with Crippen LogP contribution < -0.4 is 5.32 Å². The Morgan fingerprint density at radius 2 is 1.62 bits per heavy atom. The van der Waals surface area contributed by atoms with Crippen molar-refractivity contribution in [1.29, 1.82) is 0 Å². The first-order valence-corrected chi connectivity index (χ1v) is 8.48. The van der Waals surface area contributed by atoms with Crippen molar-refractivity contribution in [2.75, 3.05) is 26.2 Å². The summed E-state index contributed by atoms with van der Waals surface area (Å²) in [5.74, 6) is 0.766. The molecule has 0 bridgehead atoms. The van der Waals surface area contributed by atoms with Crippen molar-refractivity contribution in [3.05, 3.63) is 0 Å². The Balaban J connectivity index is 1.45. The lowest BCUT2D eigenvalue weighted by atomic mass is 10.1. The molecule has 21 heavy (non-hydrogen) atoms. The molecule has 2 aliphatic carbocycles. The lowest BCUT2D eigenvalue weighted by Gasteiger charge is -2.38. The first-order valence-electron chi connectivity index (χ1n) is 8.48. The second-order valence-electron chi connectivity index (χ2n) is 6.80. The zero-order valence-electron chi connectivity index (χ0n) is 13.0. The van der Waals surface area contributed by atoms with Gasteiger partial charge in [0.1, 0.15) is 0 Å². The predicted molar refractivity (Wildman–Crippen MR) is 80.7 cm³/mol. The van der Waals surface area contributed by atoms with Crippen LogP contribution in [0.5, 0.6) is 0 Å². The molecule has 1 saturated heterocycles. The predicted octanol–water partition coefficient (Wildman–Crippen LogP) is 0.988. The van der Waals surface area contributed by atoms with E-state index in [1.165, 1.54) is 12.8 Å². The molecule has 0 aromatic heterocycles. The third kappa shape index (κ3) is 3.57. The highest BCUT2D eigenvalue weighted by molar-refractivity contribution is 5.82. The van der Waals surface area contributed by atoms with Gasteiger partial charge in [-0.05, 0) is 32.6 Å². The molecule has 118 valence electrons. The Kier molecular flexibility index (Phi) is 4.48. The number of hydrogen-bond acceptors (Lipinski definition) is 3. The van der Waals surface area contributed by atoms with E-state index in [-0.39, 0.29) is 17.9 Å². The fourth-order valence-electron chi connectivity index (χ4n) is 3.48. The summed E-state index contributed by atoms with van der Waals surface area (Å²) >= 11 is 0. The Morgan fingerprint density at radius 3 is 2.19 bits per heavy atom. The molecule has 0 radical (unpaired) electrons. The van der Waals surface area contributed by atoms with Crippen LogP contribution in [0.2, 0.25) is 0 Å². The first-order chi connectivity index (χ1) is 10.1. The molecule has 1 unspecified atom stereocenters. The number of piperazine rings is 1. The third-order valence-corrected chi connectivity index (χ3v) is 5.18. The standard InChI is InChI=1S/C16H27N3O2/c1-12(15(20)17-14-6-7-14)18-8-10-19(11-9-18)16(21)13-4-2-3-5-13/h12-14H,2-11H2,1H3,(H,17,20). The molecule has 3 aliphatic rings. The Hall–Kier alpha value is -1.10. The number of carbonyl (C=O) groups excluding carboxylic acids is 2. The van der Waals surface area contributed by atoms with Crippen molar-refractivity contribution in [3.63, 3.8) is 0 Å². The first kappa shape index (κ1) is 14.8. The van der Waals surface area contributed by atoms with Gasteiger partial charge in [-0.2, -0.15) is 0 Å². The number of amides is 2. The Bertz CT molecular complexity index is 394. The largest absolute Gasteiger partial charge is 0.352 e. The molecule has 1 atom stereocenters. The average Bonchev–Trinajstić information content (AvgIpc) is 3.15. The van der Waals surface area contributed by atoms with Crippen LogP contribution in [0.15, 0.2) is 0 Å². The number of rotatable bonds is 4. The minimum atomic E-state index is -0.0747. The van der Waals surface area contributed by atoms with Gasteiger partial charge in [0, 0.05) is 38.1 Å². The SMILES string of the molecule is CC(C(=O)NC1CC1)N1CCN(C(=O)C2CCCC2)CC1. The highest BCUT2D eigenvalue weighted by Crippen LogP contribution is 2.27. The Morgan fingerprint density at radius 1 is 1.00 bits per heavy atom. The van der Waals surface area contributed by atoms with Crippen molar-refractivity contribution in [1.82, 2.24) is 15.1 Å². The molecule has 2 saturated carbocycles. The smallest absolute Gasteiger partial charge is 0.237 e. The van der Waals surface area contributed by atoms with E-state index in [4.69, 9.17) is 0 Å². The van der Waals surface area contributed by atoms with E-state index >= 15 is 0 Å². The van der Waals surface area contributed by atoms with E-state index in [9.17, 15) is 9.59 Å². The van der Waals surface area contributed by atoms with Crippen LogP contribution in [0.4, 0.5) is 0 Å². The van der Waals surface area contributed by atoms with Crippen molar-refractivity contribution < 1.29 is 9.59 Å². The maximum Gasteiger partial charge on any atom is 0.237 e. The van der Waals surface area contributed by atoms with Gasteiger partial charge in [-0.25, -0.2) is 0 Å². The second kappa shape index (κ2) is 6.34. The zero-order chi connectivity index (χ0) is 14.8. The summed E-state index contributed by atoms with van der Waals surface area (Å²) in [7, 11) is 0. The molecule has 0 spiro atoms. The molecule has 3 rings (SSSR count).